The lowest BCUT2D eigenvalue weighted by Gasteiger charge is -2.59. The molecule has 1 spiro atoms. The van der Waals surface area contributed by atoms with Gasteiger partial charge in [0.05, 0.1) is 64.7 Å². The number of anilines is 4. The number of carbonyl (C=O) groups excluding carboxylic acids is 1. The number of piperazine rings is 1. The number of para-hydroxylation sites is 1. The number of benzene rings is 3. The summed E-state index contributed by atoms with van der Waals surface area (Å²) >= 11 is 0. The van der Waals surface area contributed by atoms with Crippen molar-refractivity contribution in [3.8, 4) is 11.6 Å². The summed E-state index contributed by atoms with van der Waals surface area (Å²) < 4.78 is 55.9. The van der Waals surface area contributed by atoms with Crippen LogP contribution in [0.5, 0.6) is 11.6 Å². The second-order valence-electron chi connectivity index (χ2n) is 26.7. The lowest BCUT2D eigenvalue weighted by Crippen LogP contribution is -2.61. The van der Waals surface area contributed by atoms with Gasteiger partial charge >= 0.3 is 0 Å². The normalized spacial score (nSPS) is 28.6. The molecule has 3 aliphatic carbocycles. The second-order valence-corrected chi connectivity index (χ2v) is 28.4. The Kier molecular flexibility index (Phi) is 16.5. The Morgan fingerprint density at radius 1 is 0.860 bits per heavy atom. The summed E-state index contributed by atoms with van der Waals surface area (Å²) in [5.74, 6) is 0.674. The van der Waals surface area contributed by atoms with E-state index >= 15 is 0 Å². The van der Waals surface area contributed by atoms with Crippen LogP contribution in [0.1, 0.15) is 133 Å². The van der Waals surface area contributed by atoms with Crippen LogP contribution in [0, 0.1) is 21.4 Å². The number of nitrogens with zero attached hydrogens (tertiary/aromatic N) is 7. The van der Waals surface area contributed by atoms with Crippen molar-refractivity contribution in [2.24, 2.45) is 11.3 Å². The average Bonchev–Trinajstić information content (AvgIpc) is 1.09. The molecule has 86 heavy (non-hydrogen) atoms. The van der Waals surface area contributed by atoms with E-state index in [0.29, 0.717) is 86.1 Å². The summed E-state index contributed by atoms with van der Waals surface area (Å²) in [4.78, 5) is 47.3. The Labute approximate surface area is 505 Å². The first-order chi connectivity index (χ1) is 41.5. The van der Waals surface area contributed by atoms with Gasteiger partial charge in [0.2, 0.25) is 5.88 Å². The van der Waals surface area contributed by atoms with E-state index in [1.54, 1.807) is 6.07 Å². The summed E-state index contributed by atoms with van der Waals surface area (Å²) in [5.41, 5.74) is 3.35. The molecule has 5 aliphatic heterocycles. The third-order valence-electron chi connectivity index (χ3n) is 20.7. The van der Waals surface area contributed by atoms with Crippen molar-refractivity contribution >= 4 is 55.4 Å². The van der Waals surface area contributed by atoms with E-state index in [9.17, 15) is 28.4 Å². The molecule has 3 saturated carbocycles. The molecule has 13 rings (SSSR count). The van der Waals surface area contributed by atoms with Crippen LogP contribution >= 0.6 is 0 Å². The number of hydrogen-bond acceptors (Lipinski definition) is 17. The van der Waals surface area contributed by atoms with Gasteiger partial charge in [-0.05, 0) is 171 Å². The van der Waals surface area contributed by atoms with Crippen LogP contribution in [0.15, 0.2) is 83.9 Å². The third kappa shape index (κ3) is 12.0. The first kappa shape index (κ1) is 58.9. The molecule has 3 aromatic carbocycles. The summed E-state index contributed by atoms with van der Waals surface area (Å²) in [6, 6.07) is 24.1. The summed E-state index contributed by atoms with van der Waals surface area (Å²) in [5, 5.41) is 26.9. The number of ether oxygens (including phenoxy) is 4. The predicted octanol–water partition coefficient (Wildman–Crippen LogP) is 9.56. The molecule has 4 N–H and O–H groups in total. The number of morpholine rings is 1. The molecule has 4 saturated heterocycles. The Bertz CT molecular complexity index is 3380. The van der Waals surface area contributed by atoms with Gasteiger partial charge in [0, 0.05) is 105 Å². The van der Waals surface area contributed by atoms with Gasteiger partial charge in [-0.15, -0.1) is 0 Å². The quantitative estimate of drug-likeness (QED) is 0.0566. The number of nitro groups is 1. The molecular weight excluding hydrogens is 1110 g/mol. The minimum Gasteiger partial charge on any atom is -0.491 e. The maximum absolute atomic E-state index is 14.9. The zero-order valence-electron chi connectivity index (χ0n) is 50.3. The van der Waals surface area contributed by atoms with Gasteiger partial charge < -0.3 is 44.2 Å². The van der Waals surface area contributed by atoms with Crippen molar-refractivity contribution in [1.82, 2.24) is 29.4 Å². The van der Waals surface area contributed by atoms with Crippen LogP contribution in [-0.4, -0.2) is 169 Å². The maximum Gasteiger partial charge on any atom is 0.293 e. The number of carbonyl (C=O) groups is 1. The number of hydrogen-bond donors (Lipinski definition) is 4. The number of sulfonamides is 1. The van der Waals surface area contributed by atoms with Gasteiger partial charge in [0.15, 0.2) is 0 Å². The topological polar surface area (TPSA) is 220 Å². The number of aromatic amines is 1. The van der Waals surface area contributed by atoms with E-state index in [1.807, 2.05) is 37.4 Å². The molecule has 7 heterocycles. The van der Waals surface area contributed by atoms with E-state index in [1.165, 1.54) is 43.4 Å². The monoisotopic (exact) mass is 1200 g/mol. The Morgan fingerprint density at radius 2 is 1.63 bits per heavy atom. The molecule has 0 bridgehead atoms. The van der Waals surface area contributed by atoms with Crippen LogP contribution in [0.2, 0.25) is 0 Å². The molecule has 462 valence electrons. The number of H-pyrrole nitrogens is 1. The summed E-state index contributed by atoms with van der Waals surface area (Å²) in [6.07, 6.45) is 14.0. The van der Waals surface area contributed by atoms with Crippen LogP contribution in [0.4, 0.5) is 28.4 Å². The Hall–Kier alpha value is -6.07. The van der Waals surface area contributed by atoms with Gasteiger partial charge in [-0.25, -0.2) is 13.1 Å². The average molecular weight is 1200 g/mol. The van der Waals surface area contributed by atoms with Crippen molar-refractivity contribution in [3.63, 3.8) is 0 Å². The number of pyridine rings is 1. The zero-order valence-corrected chi connectivity index (χ0v) is 51.1. The highest BCUT2D eigenvalue weighted by Gasteiger charge is 2.51. The smallest absolute Gasteiger partial charge is 0.293 e. The van der Waals surface area contributed by atoms with E-state index in [2.05, 4.69) is 84.6 Å². The van der Waals surface area contributed by atoms with E-state index in [4.69, 9.17) is 23.9 Å². The standard InChI is InChI=1S/C65H86N10O10S/c1-42(2)84-59-8-6-5-7-51(59)58-39-71(46-9-11-47(12-10-46)72-30-32-83-40-43(72)3)28-29-73(58)49-36-65(37-49)23-26-70(27-24-65)48-13-15-52(55(34-48)74-54-20-31-82-41-60(54)85-63-57(74)33-45-19-25-66-61(45)68-63)62(76)69-86(80,81)50-14-16-53(56(35-50)75(78)79)67-38-44-17-21-64(4,77)22-18-44/h5-8,13-16,19,25,33-35,42-44,46-47,49,54,58,60,67,77H,9-12,17-18,20-24,26-32,36-41H2,1-4H3,(H,66,68)(H,69,76)/t43-,44-,46?,47?,54+,58-,60+,64-/m1/s1. The minimum atomic E-state index is -4.64. The van der Waals surface area contributed by atoms with Gasteiger partial charge in [0.25, 0.3) is 21.6 Å². The van der Waals surface area contributed by atoms with E-state index < -0.39 is 43.1 Å². The first-order valence-corrected chi connectivity index (χ1v) is 33.3. The van der Waals surface area contributed by atoms with Gasteiger partial charge in [-0.1, -0.05) is 18.2 Å². The number of aromatic nitrogens is 2. The van der Waals surface area contributed by atoms with Crippen LogP contribution in [-0.2, 0) is 19.5 Å². The largest absolute Gasteiger partial charge is 0.491 e. The first-order valence-electron chi connectivity index (χ1n) is 31.8. The molecule has 0 unspecified atom stereocenters. The number of nitro benzene ring substituents is 1. The van der Waals surface area contributed by atoms with Crippen molar-refractivity contribution in [3.05, 3.63) is 100 Å². The maximum atomic E-state index is 14.9. The van der Waals surface area contributed by atoms with Gasteiger partial charge in [0.1, 0.15) is 28.9 Å². The molecule has 5 aromatic rings. The molecule has 20 nitrogen and oxygen atoms in total. The highest BCUT2D eigenvalue weighted by Crippen LogP contribution is 2.54. The fraction of sp³-hybridized carbons (Fsp3) is 0.600. The number of amides is 1. The molecule has 7 fully saturated rings. The van der Waals surface area contributed by atoms with E-state index in [-0.39, 0.29) is 40.8 Å². The Morgan fingerprint density at radius 3 is 2.40 bits per heavy atom. The number of nitrogens with one attached hydrogen (secondary N) is 3. The highest BCUT2D eigenvalue weighted by atomic mass is 32.2. The van der Waals surface area contributed by atoms with Crippen molar-refractivity contribution < 1.29 is 42.2 Å². The van der Waals surface area contributed by atoms with Crippen LogP contribution in [0.25, 0.3) is 11.0 Å². The highest BCUT2D eigenvalue weighted by molar-refractivity contribution is 7.90. The Balaban J connectivity index is 0.740. The fourth-order valence-electron chi connectivity index (χ4n) is 15.9. The van der Waals surface area contributed by atoms with Crippen molar-refractivity contribution in [2.75, 3.05) is 87.4 Å². The molecule has 1 amide bonds. The molecule has 2 aromatic heterocycles. The SMILES string of the molecule is CC(C)Oc1ccccc1[C@H]1CN(C2CCC(N3CCOC[C@H]3C)CC2)CCN1C1CC2(CCN(c3ccc(C(=O)NS(=O)(=O)c4ccc(NC[C@H]5CC[C@](C)(O)CC5)c([N+](=O)[O-])c4)c(N4c5cc6cc[nH]c6nc5O[C@H]5COCC[C@@H]54)c3)CC2)C1. The number of aliphatic hydroxyl groups is 1. The number of fused-ring (bicyclic) bond motifs is 3. The number of rotatable bonds is 15. The summed E-state index contributed by atoms with van der Waals surface area (Å²) in [7, 11) is -4.64. The third-order valence-corrected chi connectivity index (χ3v) is 22.0. The van der Waals surface area contributed by atoms with Crippen molar-refractivity contribution in [2.45, 2.75) is 170 Å². The molecule has 0 radical (unpaired) electrons. The minimum absolute atomic E-state index is 0.0692. The zero-order chi connectivity index (χ0) is 59.5. The molecule has 8 aliphatic rings. The lowest BCUT2D eigenvalue weighted by molar-refractivity contribution is -0.384. The van der Waals surface area contributed by atoms with Gasteiger partial charge in [-0.2, -0.15) is 4.98 Å². The lowest BCUT2D eigenvalue weighted by atomic mass is 9.59. The second kappa shape index (κ2) is 24.1. The molecule has 21 heteroatoms. The number of piperidine rings is 1. The van der Waals surface area contributed by atoms with Crippen LogP contribution < -0.4 is 29.3 Å². The molecule has 4 atom stereocenters. The summed E-state index contributed by atoms with van der Waals surface area (Å²) in [6.45, 7) is 17.0. The van der Waals surface area contributed by atoms with E-state index in [0.717, 1.165) is 114 Å². The fourth-order valence-corrected chi connectivity index (χ4v) is 16.9. The van der Waals surface area contributed by atoms with Crippen molar-refractivity contribution in [1.29, 1.82) is 0 Å². The molecular formula is C65H86N10O10S. The predicted molar refractivity (Wildman–Crippen MR) is 330 cm³/mol. The van der Waals surface area contributed by atoms with Gasteiger partial charge in [-0.3, -0.25) is 29.6 Å². The van der Waals surface area contributed by atoms with Crippen LogP contribution in [0.3, 0.4) is 0 Å².